The summed E-state index contributed by atoms with van der Waals surface area (Å²) >= 11 is 7.15. The maximum atomic E-state index is 13.4. The minimum atomic E-state index is -0.335. The number of amides is 1. The molecule has 0 aliphatic carbocycles. The Hall–Kier alpha value is -1.98. The molecule has 23 heavy (non-hydrogen) atoms. The van der Waals surface area contributed by atoms with Gasteiger partial charge < -0.3 is 4.57 Å². The molecule has 0 aliphatic heterocycles. The number of halogens is 2. The smallest absolute Gasteiger partial charge is 0.279 e. The van der Waals surface area contributed by atoms with E-state index in [1.165, 1.54) is 23.5 Å². The summed E-state index contributed by atoms with van der Waals surface area (Å²) in [7, 11) is 0. The highest BCUT2D eigenvalue weighted by atomic mass is 35.5. The van der Waals surface area contributed by atoms with Crippen molar-refractivity contribution in [3.8, 4) is 0 Å². The van der Waals surface area contributed by atoms with Gasteiger partial charge in [-0.15, -0.1) is 0 Å². The number of benzene rings is 2. The van der Waals surface area contributed by atoms with Crippen LogP contribution in [-0.4, -0.2) is 10.5 Å². The third-order valence-corrected chi connectivity index (χ3v) is 4.67. The Morgan fingerprint density at radius 1 is 1.26 bits per heavy atom. The fraction of sp³-hybridized carbons (Fsp3) is 0.176. The average molecular weight is 349 g/mol. The molecule has 0 unspecified atom stereocenters. The van der Waals surface area contributed by atoms with E-state index in [-0.39, 0.29) is 11.7 Å². The van der Waals surface area contributed by atoms with Crippen LogP contribution in [0.25, 0.3) is 10.2 Å². The molecule has 6 heteroatoms. The predicted molar refractivity (Wildman–Crippen MR) is 91.4 cm³/mol. The Labute approximate surface area is 141 Å². The van der Waals surface area contributed by atoms with Crippen LogP contribution >= 0.6 is 22.9 Å². The van der Waals surface area contributed by atoms with Crippen LogP contribution in [0.2, 0.25) is 5.02 Å². The molecule has 0 aliphatic rings. The van der Waals surface area contributed by atoms with E-state index in [4.69, 9.17) is 11.6 Å². The van der Waals surface area contributed by atoms with Gasteiger partial charge in [0.05, 0.1) is 10.2 Å². The fourth-order valence-electron chi connectivity index (χ4n) is 2.32. The van der Waals surface area contributed by atoms with E-state index < -0.39 is 0 Å². The van der Waals surface area contributed by atoms with Gasteiger partial charge in [0.25, 0.3) is 5.91 Å². The number of aryl methyl sites for hydroxylation is 1. The molecule has 3 aromatic rings. The number of rotatable bonds is 3. The first kappa shape index (κ1) is 15.9. The molecule has 0 spiro atoms. The molecule has 0 saturated carbocycles. The summed E-state index contributed by atoms with van der Waals surface area (Å²) in [5, 5.41) is 0.569. The molecule has 0 N–H and O–H groups in total. The SMILES string of the molecule is CCCn1c(=NC(=O)c2ccc(Cl)cc2)sc2cc(F)ccc21. The topological polar surface area (TPSA) is 34.4 Å². The second-order valence-corrected chi connectivity index (χ2v) is 6.52. The summed E-state index contributed by atoms with van der Waals surface area (Å²) < 4.78 is 16.1. The van der Waals surface area contributed by atoms with Gasteiger partial charge in [-0.25, -0.2) is 4.39 Å². The Kier molecular flexibility index (Phi) is 4.59. The van der Waals surface area contributed by atoms with Crippen molar-refractivity contribution in [2.45, 2.75) is 19.9 Å². The van der Waals surface area contributed by atoms with Gasteiger partial charge >= 0.3 is 0 Å². The van der Waals surface area contributed by atoms with Gasteiger partial charge in [0.1, 0.15) is 5.82 Å². The van der Waals surface area contributed by atoms with Gasteiger partial charge in [-0.3, -0.25) is 4.79 Å². The van der Waals surface area contributed by atoms with E-state index in [1.54, 1.807) is 30.3 Å². The molecule has 0 saturated heterocycles. The highest BCUT2D eigenvalue weighted by Crippen LogP contribution is 2.19. The molecule has 3 rings (SSSR count). The average Bonchev–Trinajstić information content (AvgIpc) is 2.85. The molecular weight excluding hydrogens is 335 g/mol. The highest BCUT2D eigenvalue weighted by Gasteiger charge is 2.09. The van der Waals surface area contributed by atoms with Crippen molar-refractivity contribution in [1.29, 1.82) is 0 Å². The molecule has 0 radical (unpaired) electrons. The molecule has 0 bridgehead atoms. The predicted octanol–water partition coefficient (Wildman–Crippen LogP) is 4.65. The van der Waals surface area contributed by atoms with Gasteiger partial charge in [-0.05, 0) is 48.9 Å². The molecule has 118 valence electrons. The zero-order chi connectivity index (χ0) is 16.4. The van der Waals surface area contributed by atoms with Crippen molar-refractivity contribution < 1.29 is 9.18 Å². The van der Waals surface area contributed by atoms with Crippen molar-refractivity contribution in [2.24, 2.45) is 4.99 Å². The quantitative estimate of drug-likeness (QED) is 0.678. The molecule has 0 fully saturated rings. The van der Waals surface area contributed by atoms with Crippen molar-refractivity contribution in [2.75, 3.05) is 0 Å². The standard InChI is InChI=1S/C17H14ClFN2OS/c1-2-9-21-14-8-7-13(19)10-15(14)23-17(21)20-16(22)11-3-5-12(18)6-4-11/h3-8,10H,2,9H2,1H3. The Bertz CT molecular complexity index is 928. The summed E-state index contributed by atoms with van der Waals surface area (Å²) in [6.45, 7) is 2.77. The number of fused-ring (bicyclic) bond motifs is 1. The molecule has 3 nitrogen and oxygen atoms in total. The molecule has 1 heterocycles. The van der Waals surface area contributed by atoms with Crippen molar-refractivity contribution in [3.05, 3.63) is 63.7 Å². The van der Waals surface area contributed by atoms with Crippen LogP contribution < -0.4 is 4.80 Å². The number of carbonyl (C=O) groups excluding carboxylic acids is 1. The molecule has 1 aromatic heterocycles. The number of hydrogen-bond donors (Lipinski definition) is 0. The first-order chi connectivity index (χ1) is 11.1. The molecule has 2 aromatic carbocycles. The fourth-order valence-corrected chi connectivity index (χ4v) is 3.52. The second-order valence-electron chi connectivity index (χ2n) is 5.07. The van der Waals surface area contributed by atoms with E-state index in [2.05, 4.69) is 4.99 Å². The summed E-state index contributed by atoms with van der Waals surface area (Å²) in [5.74, 6) is -0.628. The van der Waals surface area contributed by atoms with Gasteiger partial charge in [0.15, 0.2) is 4.80 Å². The third kappa shape index (κ3) is 3.35. The third-order valence-electron chi connectivity index (χ3n) is 3.38. The number of hydrogen-bond acceptors (Lipinski definition) is 2. The van der Waals surface area contributed by atoms with Crippen molar-refractivity contribution in [3.63, 3.8) is 0 Å². The Balaban J connectivity index is 2.12. The van der Waals surface area contributed by atoms with Crippen LogP contribution in [0, 0.1) is 5.82 Å². The lowest BCUT2D eigenvalue weighted by Gasteiger charge is -2.02. The zero-order valence-electron chi connectivity index (χ0n) is 12.4. The van der Waals surface area contributed by atoms with E-state index in [0.717, 1.165) is 23.2 Å². The molecule has 1 amide bonds. The van der Waals surface area contributed by atoms with Crippen LogP contribution in [0.1, 0.15) is 23.7 Å². The van der Waals surface area contributed by atoms with Crippen LogP contribution in [0.5, 0.6) is 0 Å². The maximum absolute atomic E-state index is 13.4. The maximum Gasteiger partial charge on any atom is 0.279 e. The lowest BCUT2D eigenvalue weighted by atomic mass is 10.2. The largest absolute Gasteiger partial charge is 0.316 e. The first-order valence-electron chi connectivity index (χ1n) is 7.22. The number of carbonyl (C=O) groups is 1. The van der Waals surface area contributed by atoms with Gasteiger partial charge in [0, 0.05) is 17.1 Å². The zero-order valence-corrected chi connectivity index (χ0v) is 14.0. The molecular formula is C17H14ClFN2OS. The summed E-state index contributed by atoms with van der Waals surface area (Å²) in [4.78, 5) is 17.1. The van der Waals surface area contributed by atoms with Crippen molar-refractivity contribution in [1.82, 2.24) is 4.57 Å². The first-order valence-corrected chi connectivity index (χ1v) is 8.41. The summed E-state index contributed by atoms with van der Waals surface area (Å²) in [5.41, 5.74) is 1.36. The van der Waals surface area contributed by atoms with Crippen LogP contribution in [0.4, 0.5) is 4.39 Å². The Morgan fingerprint density at radius 3 is 2.70 bits per heavy atom. The summed E-state index contributed by atoms with van der Waals surface area (Å²) in [6, 6.07) is 11.2. The van der Waals surface area contributed by atoms with E-state index >= 15 is 0 Å². The summed E-state index contributed by atoms with van der Waals surface area (Å²) in [6.07, 6.45) is 0.894. The number of nitrogens with zero attached hydrogens (tertiary/aromatic N) is 2. The van der Waals surface area contributed by atoms with Crippen molar-refractivity contribution >= 4 is 39.1 Å². The number of aromatic nitrogens is 1. The monoisotopic (exact) mass is 348 g/mol. The van der Waals surface area contributed by atoms with Gasteiger partial charge in [-0.1, -0.05) is 29.9 Å². The lowest BCUT2D eigenvalue weighted by molar-refractivity contribution is 0.0998. The number of thiazole rings is 1. The minimum Gasteiger partial charge on any atom is -0.316 e. The van der Waals surface area contributed by atoms with E-state index in [1.807, 2.05) is 11.5 Å². The van der Waals surface area contributed by atoms with Crippen LogP contribution in [0.3, 0.4) is 0 Å². The van der Waals surface area contributed by atoms with E-state index in [0.29, 0.717) is 15.4 Å². The van der Waals surface area contributed by atoms with E-state index in [9.17, 15) is 9.18 Å². The Morgan fingerprint density at radius 2 is 2.00 bits per heavy atom. The van der Waals surface area contributed by atoms with Crippen LogP contribution in [-0.2, 0) is 6.54 Å². The van der Waals surface area contributed by atoms with Crippen LogP contribution in [0.15, 0.2) is 47.5 Å². The minimum absolute atomic E-state index is 0.294. The second kappa shape index (κ2) is 6.64. The normalized spacial score (nSPS) is 12.0. The highest BCUT2D eigenvalue weighted by molar-refractivity contribution is 7.16. The molecule has 0 atom stereocenters. The van der Waals surface area contributed by atoms with Gasteiger partial charge in [0.2, 0.25) is 0 Å². The lowest BCUT2D eigenvalue weighted by Crippen LogP contribution is -2.16. The van der Waals surface area contributed by atoms with Gasteiger partial charge in [-0.2, -0.15) is 4.99 Å².